The Bertz CT molecular complexity index is 877. The molecular weight excluding hydrogens is 346 g/mol. The van der Waals surface area contributed by atoms with E-state index in [9.17, 15) is 13.2 Å². The van der Waals surface area contributed by atoms with Crippen molar-refractivity contribution in [1.29, 1.82) is 0 Å². The highest BCUT2D eigenvalue weighted by molar-refractivity contribution is 7.92. The fourth-order valence-corrected chi connectivity index (χ4v) is 3.36. The van der Waals surface area contributed by atoms with Gasteiger partial charge in [0.2, 0.25) is 0 Å². The zero-order valence-electron chi connectivity index (χ0n) is 13.5. The van der Waals surface area contributed by atoms with Gasteiger partial charge in [0.15, 0.2) is 11.5 Å². The Morgan fingerprint density at radius 2 is 1.76 bits per heavy atom. The number of fused-ring (bicyclic) bond motifs is 1. The first-order valence-corrected chi connectivity index (χ1v) is 9.17. The lowest BCUT2D eigenvalue weighted by Crippen LogP contribution is -2.16. The van der Waals surface area contributed by atoms with Crippen molar-refractivity contribution in [1.82, 2.24) is 0 Å². The first-order valence-electron chi connectivity index (χ1n) is 7.69. The maximum atomic E-state index is 12.5. The fourth-order valence-electron chi connectivity index (χ4n) is 2.31. The van der Waals surface area contributed by atoms with Gasteiger partial charge in [0.1, 0.15) is 13.2 Å². The van der Waals surface area contributed by atoms with Crippen LogP contribution in [0.1, 0.15) is 17.3 Å². The summed E-state index contributed by atoms with van der Waals surface area (Å²) in [6.45, 7) is 2.84. The Morgan fingerprint density at radius 3 is 2.44 bits per heavy atom. The summed E-state index contributed by atoms with van der Waals surface area (Å²) in [5, 5.41) is 0. The monoisotopic (exact) mass is 363 g/mol. The van der Waals surface area contributed by atoms with Crippen LogP contribution in [0.25, 0.3) is 0 Å². The zero-order valence-corrected chi connectivity index (χ0v) is 14.3. The van der Waals surface area contributed by atoms with E-state index in [4.69, 9.17) is 14.2 Å². The molecule has 0 radical (unpaired) electrons. The van der Waals surface area contributed by atoms with Crippen LogP contribution in [0.15, 0.2) is 47.4 Å². The van der Waals surface area contributed by atoms with Crippen LogP contribution in [0.5, 0.6) is 11.5 Å². The standard InChI is InChI=1S/C17H17NO6S/c1-2-22-17(19)12-3-6-14(7-4-12)25(20,21)18-13-5-8-15-16(11-13)24-10-9-23-15/h3-8,11,18H,2,9-10H2,1H3. The van der Waals surface area contributed by atoms with Crippen LogP contribution in [0.3, 0.4) is 0 Å². The molecule has 0 spiro atoms. The van der Waals surface area contributed by atoms with Gasteiger partial charge in [0.05, 0.1) is 22.8 Å². The van der Waals surface area contributed by atoms with Gasteiger partial charge in [-0.2, -0.15) is 0 Å². The number of benzene rings is 2. The van der Waals surface area contributed by atoms with Crippen LogP contribution in [0.2, 0.25) is 0 Å². The molecule has 25 heavy (non-hydrogen) atoms. The second-order valence-electron chi connectivity index (χ2n) is 5.21. The molecule has 0 aromatic heterocycles. The normalized spacial score (nSPS) is 13.2. The number of esters is 1. The predicted octanol–water partition coefficient (Wildman–Crippen LogP) is 2.44. The van der Waals surface area contributed by atoms with E-state index in [1.165, 1.54) is 24.3 Å². The van der Waals surface area contributed by atoms with Crippen LogP contribution >= 0.6 is 0 Å². The summed E-state index contributed by atoms with van der Waals surface area (Å²) in [6.07, 6.45) is 0. The van der Waals surface area contributed by atoms with Gasteiger partial charge in [-0.3, -0.25) is 4.72 Å². The summed E-state index contributed by atoms with van der Waals surface area (Å²) >= 11 is 0. The van der Waals surface area contributed by atoms with E-state index in [1.807, 2.05) is 0 Å². The topological polar surface area (TPSA) is 90.9 Å². The summed E-state index contributed by atoms with van der Waals surface area (Å²) in [5.74, 6) is 0.573. The number of hydrogen-bond acceptors (Lipinski definition) is 6. The molecule has 132 valence electrons. The van der Waals surface area contributed by atoms with E-state index in [0.717, 1.165) is 0 Å². The average molecular weight is 363 g/mol. The van der Waals surface area contributed by atoms with E-state index >= 15 is 0 Å². The molecule has 0 atom stereocenters. The van der Waals surface area contributed by atoms with Crippen molar-refractivity contribution in [3.05, 3.63) is 48.0 Å². The molecule has 2 aromatic rings. The average Bonchev–Trinajstić information content (AvgIpc) is 2.61. The smallest absolute Gasteiger partial charge is 0.338 e. The minimum absolute atomic E-state index is 0.0374. The van der Waals surface area contributed by atoms with Crippen LogP contribution in [0.4, 0.5) is 5.69 Å². The van der Waals surface area contributed by atoms with Gasteiger partial charge in [0, 0.05) is 6.07 Å². The number of hydrogen-bond donors (Lipinski definition) is 1. The number of carbonyl (C=O) groups is 1. The molecule has 1 heterocycles. The molecule has 0 fully saturated rings. The quantitative estimate of drug-likeness (QED) is 0.821. The summed E-state index contributed by atoms with van der Waals surface area (Å²) in [6, 6.07) is 10.3. The highest BCUT2D eigenvalue weighted by Crippen LogP contribution is 2.33. The van der Waals surface area contributed by atoms with Crippen LogP contribution in [0, 0.1) is 0 Å². The van der Waals surface area contributed by atoms with Crippen molar-refractivity contribution in [2.45, 2.75) is 11.8 Å². The second-order valence-corrected chi connectivity index (χ2v) is 6.89. The van der Waals surface area contributed by atoms with Gasteiger partial charge in [-0.15, -0.1) is 0 Å². The first-order chi connectivity index (χ1) is 12.0. The lowest BCUT2D eigenvalue weighted by atomic mass is 10.2. The van der Waals surface area contributed by atoms with Crippen LogP contribution in [-0.2, 0) is 14.8 Å². The summed E-state index contributed by atoms with van der Waals surface area (Å²) < 4.78 is 43.1. The first kappa shape index (κ1) is 17.1. The lowest BCUT2D eigenvalue weighted by Gasteiger charge is -2.19. The minimum Gasteiger partial charge on any atom is -0.486 e. The molecule has 0 unspecified atom stereocenters. The second kappa shape index (κ2) is 7.02. The number of nitrogens with one attached hydrogen (secondary N) is 1. The predicted molar refractivity (Wildman–Crippen MR) is 90.6 cm³/mol. The molecule has 1 N–H and O–H groups in total. The van der Waals surface area contributed by atoms with E-state index in [-0.39, 0.29) is 11.5 Å². The number of ether oxygens (including phenoxy) is 3. The molecule has 2 aromatic carbocycles. The van der Waals surface area contributed by atoms with Crippen LogP contribution in [-0.4, -0.2) is 34.2 Å². The fraction of sp³-hybridized carbons (Fsp3) is 0.235. The molecular formula is C17H17NO6S. The third-order valence-corrected chi connectivity index (χ3v) is 4.87. The van der Waals surface area contributed by atoms with Crippen molar-refractivity contribution in [2.24, 2.45) is 0 Å². The number of rotatable bonds is 5. The van der Waals surface area contributed by atoms with Gasteiger partial charge in [-0.25, -0.2) is 13.2 Å². The highest BCUT2D eigenvalue weighted by Gasteiger charge is 2.18. The summed E-state index contributed by atoms with van der Waals surface area (Å²) in [5.41, 5.74) is 0.652. The Balaban J connectivity index is 1.78. The maximum Gasteiger partial charge on any atom is 0.338 e. The van der Waals surface area contributed by atoms with Crippen molar-refractivity contribution in [2.75, 3.05) is 24.5 Å². The van der Waals surface area contributed by atoms with E-state index < -0.39 is 16.0 Å². The molecule has 1 aliphatic heterocycles. The minimum atomic E-state index is -3.79. The molecule has 0 amide bonds. The van der Waals surface area contributed by atoms with E-state index in [1.54, 1.807) is 25.1 Å². The maximum absolute atomic E-state index is 12.5. The largest absolute Gasteiger partial charge is 0.486 e. The van der Waals surface area contributed by atoms with Gasteiger partial charge in [-0.1, -0.05) is 0 Å². The Kier molecular flexibility index (Phi) is 4.80. The van der Waals surface area contributed by atoms with E-state index in [2.05, 4.69) is 4.72 Å². The molecule has 0 saturated carbocycles. The molecule has 8 heteroatoms. The van der Waals surface area contributed by atoms with Crippen molar-refractivity contribution in [3.63, 3.8) is 0 Å². The molecule has 0 aliphatic carbocycles. The molecule has 1 aliphatic rings. The number of sulfonamides is 1. The lowest BCUT2D eigenvalue weighted by molar-refractivity contribution is 0.0526. The molecule has 3 rings (SSSR count). The van der Waals surface area contributed by atoms with Gasteiger partial charge in [-0.05, 0) is 43.3 Å². The molecule has 7 nitrogen and oxygen atoms in total. The van der Waals surface area contributed by atoms with Crippen LogP contribution < -0.4 is 14.2 Å². The highest BCUT2D eigenvalue weighted by atomic mass is 32.2. The van der Waals surface area contributed by atoms with E-state index in [0.29, 0.717) is 36.0 Å². The Hall–Kier alpha value is -2.74. The molecule has 0 bridgehead atoms. The summed E-state index contributed by atoms with van der Waals surface area (Å²) in [4.78, 5) is 11.7. The van der Waals surface area contributed by atoms with Gasteiger partial charge < -0.3 is 14.2 Å². The SMILES string of the molecule is CCOC(=O)c1ccc(S(=O)(=O)Nc2ccc3c(c2)OCCO3)cc1. The number of anilines is 1. The van der Waals surface area contributed by atoms with Gasteiger partial charge >= 0.3 is 5.97 Å². The van der Waals surface area contributed by atoms with Crippen molar-refractivity contribution in [3.8, 4) is 11.5 Å². The zero-order chi connectivity index (χ0) is 17.9. The third kappa shape index (κ3) is 3.85. The Morgan fingerprint density at radius 1 is 1.08 bits per heavy atom. The Labute approximate surface area is 145 Å². The van der Waals surface area contributed by atoms with Gasteiger partial charge in [0.25, 0.3) is 10.0 Å². The number of carbonyl (C=O) groups excluding carboxylic acids is 1. The van der Waals surface area contributed by atoms with Crippen molar-refractivity contribution >= 4 is 21.7 Å². The summed E-state index contributed by atoms with van der Waals surface area (Å²) in [7, 11) is -3.79. The third-order valence-electron chi connectivity index (χ3n) is 3.47. The van der Waals surface area contributed by atoms with Crippen molar-refractivity contribution < 1.29 is 27.4 Å². The molecule has 0 saturated heterocycles.